The minimum Gasteiger partial charge on any atom is -0.300 e. The van der Waals surface area contributed by atoms with Crippen LogP contribution in [0.5, 0.6) is 0 Å². The number of hydrogen-bond donors (Lipinski definition) is 1. The second-order valence-corrected chi connectivity index (χ2v) is 7.57. The number of benzene rings is 1. The van der Waals surface area contributed by atoms with Crippen molar-refractivity contribution < 1.29 is 14.5 Å². The average molecular weight is 406 g/mol. The number of amides is 2. The van der Waals surface area contributed by atoms with Crippen LogP contribution >= 0.6 is 35.3 Å². The minimum atomic E-state index is -0.496. The first-order valence-corrected chi connectivity index (χ1v) is 9.23. The first-order chi connectivity index (χ1) is 12.4. The van der Waals surface area contributed by atoms with Crippen molar-refractivity contribution in [2.24, 2.45) is 0 Å². The highest BCUT2D eigenvalue weighted by molar-refractivity contribution is 8.26. The number of nitro benzene ring substituents is 1. The summed E-state index contributed by atoms with van der Waals surface area (Å²) in [6.45, 7) is -0.206. The number of carbonyl (C=O) groups excluding carboxylic acids is 2. The van der Waals surface area contributed by atoms with E-state index in [9.17, 15) is 19.7 Å². The van der Waals surface area contributed by atoms with Crippen LogP contribution in [0.1, 0.15) is 5.56 Å². The number of nitro groups is 1. The van der Waals surface area contributed by atoms with Crippen molar-refractivity contribution in [2.45, 2.75) is 0 Å². The molecule has 0 atom stereocenters. The van der Waals surface area contributed by atoms with Crippen molar-refractivity contribution in [1.82, 2.24) is 9.88 Å². The van der Waals surface area contributed by atoms with Gasteiger partial charge >= 0.3 is 0 Å². The lowest BCUT2D eigenvalue weighted by Gasteiger charge is -2.13. The Kier molecular flexibility index (Phi) is 5.40. The first-order valence-electron chi connectivity index (χ1n) is 7.13. The van der Waals surface area contributed by atoms with Gasteiger partial charge in [0.25, 0.3) is 11.6 Å². The van der Waals surface area contributed by atoms with E-state index < -0.39 is 10.8 Å². The largest absolute Gasteiger partial charge is 0.300 e. The SMILES string of the molecule is O=C(CN1C(=O)/C(=C/c2ccc([N+](=O)[O-])cc2)SC1=S)Nc1nccs1. The number of non-ortho nitro benzene ring substituents is 1. The summed E-state index contributed by atoms with van der Waals surface area (Å²) >= 11 is 7.53. The standard InChI is InChI=1S/C15H10N4O4S3/c20-12(17-14-16-5-6-25-14)8-18-13(21)11(26-15(18)24)7-9-1-3-10(4-2-9)19(22)23/h1-7H,8H2,(H,16,17,20)/b11-7-. The third-order valence-electron chi connectivity index (χ3n) is 3.26. The fraction of sp³-hybridized carbons (Fsp3) is 0.0667. The van der Waals surface area contributed by atoms with E-state index in [0.29, 0.717) is 15.6 Å². The molecule has 26 heavy (non-hydrogen) atoms. The Bertz CT molecular complexity index is 909. The van der Waals surface area contributed by atoms with E-state index in [4.69, 9.17) is 12.2 Å². The minimum absolute atomic E-state index is 0.0337. The quantitative estimate of drug-likeness (QED) is 0.352. The average Bonchev–Trinajstić information content (AvgIpc) is 3.19. The molecule has 0 spiro atoms. The van der Waals surface area contributed by atoms with Crippen LogP contribution in [-0.2, 0) is 9.59 Å². The summed E-state index contributed by atoms with van der Waals surface area (Å²) in [4.78, 5) is 40.2. The van der Waals surface area contributed by atoms with Gasteiger partial charge in [-0.25, -0.2) is 4.98 Å². The zero-order valence-corrected chi connectivity index (χ0v) is 15.4. The molecule has 8 nitrogen and oxygen atoms in total. The lowest BCUT2D eigenvalue weighted by atomic mass is 10.2. The van der Waals surface area contributed by atoms with Crippen LogP contribution in [-0.4, -0.2) is 37.5 Å². The monoisotopic (exact) mass is 406 g/mol. The molecule has 1 N–H and O–H groups in total. The van der Waals surface area contributed by atoms with E-state index in [1.54, 1.807) is 29.8 Å². The van der Waals surface area contributed by atoms with Crippen LogP contribution in [0, 0.1) is 10.1 Å². The molecule has 2 heterocycles. The van der Waals surface area contributed by atoms with Gasteiger partial charge in [0.2, 0.25) is 5.91 Å². The van der Waals surface area contributed by atoms with Crippen LogP contribution in [0.15, 0.2) is 40.7 Å². The number of nitrogens with zero attached hydrogens (tertiary/aromatic N) is 3. The molecular weight excluding hydrogens is 396 g/mol. The molecule has 1 aliphatic heterocycles. The Morgan fingerprint density at radius 3 is 2.73 bits per heavy atom. The Balaban J connectivity index is 1.69. The van der Waals surface area contributed by atoms with E-state index in [-0.39, 0.29) is 22.5 Å². The highest BCUT2D eigenvalue weighted by Crippen LogP contribution is 2.32. The molecular formula is C15H10N4O4S3. The van der Waals surface area contributed by atoms with Gasteiger partial charge < -0.3 is 5.32 Å². The van der Waals surface area contributed by atoms with E-state index in [0.717, 1.165) is 11.8 Å². The number of carbonyl (C=O) groups is 2. The van der Waals surface area contributed by atoms with Crippen molar-refractivity contribution in [3.8, 4) is 0 Å². The Morgan fingerprint density at radius 1 is 1.38 bits per heavy atom. The summed E-state index contributed by atoms with van der Waals surface area (Å²) in [6.07, 6.45) is 3.15. The molecule has 1 aliphatic rings. The van der Waals surface area contributed by atoms with Gasteiger partial charge in [0.1, 0.15) is 10.9 Å². The van der Waals surface area contributed by atoms with E-state index in [1.807, 2.05) is 0 Å². The highest BCUT2D eigenvalue weighted by Gasteiger charge is 2.33. The number of hydrogen-bond acceptors (Lipinski definition) is 8. The topological polar surface area (TPSA) is 105 Å². The first kappa shape index (κ1) is 18.2. The lowest BCUT2D eigenvalue weighted by Crippen LogP contribution is -2.36. The Labute approximate surface area is 161 Å². The molecule has 1 fully saturated rings. The van der Waals surface area contributed by atoms with Crippen molar-refractivity contribution in [2.75, 3.05) is 11.9 Å². The van der Waals surface area contributed by atoms with Gasteiger partial charge in [0.15, 0.2) is 5.13 Å². The maximum absolute atomic E-state index is 12.5. The maximum atomic E-state index is 12.5. The predicted molar refractivity (Wildman–Crippen MR) is 104 cm³/mol. The molecule has 2 amide bonds. The van der Waals surface area contributed by atoms with Crippen LogP contribution in [0.4, 0.5) is 10.8 Å². The molecule has 2 aromatic rings. The molecule has 0 bridgehead atoms. The summed E-state index contributed by atoms with van der Waals surface area (Å²) in [7, 11) is 0. The van der Waals surface area contributed by atoms with Crippen LogP contribution in [0.2, 0.25) is 0 Å². The number of rotatable bonds is 5. The summed E-state index contributed by atoms with van der Waals surface area (Å²) in [5.41, 5.74) is 0.594. The second-order valence-electron chi connectivity index (χ2n) is 5.00. The van der Waals surface area contributed by atoms with Crippen LogP contribution in [0.25, 0.3) is 6.08 Å². The fourth-order valence-corrected chi connectivity index (χ4v) is 3.87. The van der Waals surface area contributed by atoms with Gasteiger partial charge in [0.05, 0.1) is 9.83 Å². The number of nitrogens with one attached hydrogen (secondary N) is 1. The molecule has 1 saturated heterocycles. The highest BCUT2D eigenvalue weighted by atomic mass is 32.2. The third-order valence-corrected chi connectivity index (χ3v) is 5.32. The summed E-state index contributed by atoms with van der Waals surface area (Å²) in [5.74, 6) is -0.777. The van der Waals surface area contributed by atoms with Gasteiger partial charge in [-0.3, -0.25) is 24.6 Å². The lowest BCUT2D eigenvalue weighted by molar-refractivity contribution is -0.384. The number of anilines is 1. The van der Waals surface area contributed by atoms with Crippen LogP contribution in [0.3, 0.4) is 0 Å². The van der Waals surface area contributed by atoms with Gasteiger partial charge in [0, 0.05) is 23.7 Å². The zero-order valence-electron chi connectivity index (χ0n) is 12.9. The molecule has 3 rings (SSSR count). The van der Waals surface area contributed by atoms with Gasteiger partial charge in [-0.15, -0.1) is 11.3 Å². The number of thioether (sulfide) groups is 1. The van der Waals surface area contributed by atoms with E-state index >= 15 is 0 Å². The number of thiazole rings is 1. The fourth-order valence-electron chi connectivity index (χ4n) is 2.07. The molecule has 1 aromatic carbocycles. The van der Waals surface area contributed by atoms with Crippen molar-refractivity contribution in [3.05, 3.63) is 56.4 Å². The molecule has 0 aliphatic carbocycles. The normalized spacial score (nSPS) is 15.5. The van der Waals surface area contributed by atoms with E-state index in [2.05, 4.69) is 10.3 Å². The Morgan fingerprint density at radius 2 is 2.12 bits per heavy atom. The van der Waals surface area contributed by atoms with Gasteiger partial charge in [-0.05, 0) is 23.8 Å². The van der Waals surface area contributed by atoms with Gasteiger partial charge in [-0.2, -0.15) is 0 Å². The molecule has 11 heteroatoms. The van der Waals surface area contributed by atoms with Crippen molar-refractivity contribution in [3.63, 3.8) is 0 Å². The predicted octanol–water partition coefficient (Wildman–Crippen LogP) is 2.89. The third kappa shape index (κ3) is 4.12. The molecule has 132 valence electrons. The molecule has 0 saturated carbocycles. The van der Waals surface area contributed by atoms with Crippen molar-refractivity contribution in [1.29, 1.82) is 0 Å². The molecule has 0 radical (unpaired) electrons. The Hall–Kier alpha value is -2.63. The zero-order chi connectivity index (χ0) is 18.7. The number of thiocarbonyl (C=S) groups is 1. The smallest absolute Gasteiger partial charge is 0.269 e. The van der Waals surface area contributed by atoms with Crippen molar-refractivity contribution >= 4 is 68.3 Å². The molecule has 0 unspecified atom stereocenters. The summed E-state index contributed by atoms with van der Waals surface area (Å²) in [6, 6.07) is 5.79. The van der Waals surface area contributed by atoms with Crippen LogP contribution < -0.4 is 5.32 Å². The summed E-state index contributed by atoms with van der Waals surface area (Å²) in [5, 5.41) is 15.4. The maximum Gasteiger partial charge on any atom is 0.269 e. The summed E-state index contributed by atoms with van der Waals surface area (Å²) < 4.78 is 0.275. The second kappa shape index (κ2) is 7.72. The van der Waals surface area contributed by atoms with Gasteiger partial charge in [-0.1, -0.05) is 24.0 Å². The number of aromatic nitrogens is 1. The van der Waals surface area contributed by atoms with E-state index in [1.165, 1.54) is 28.4 Å². The molecule has 1 aromatic heterocycles.